The van der Waals surface area contributed by atoms with E-state index in [4.69, 9.17) is 19.9 Å². The lowest BCUT2D eigenvalue weighted by Gasteiger charge is -2.27. The number of hydrogen-bond donors (Lipinski definition) is 1. The van der Waals surface area contributed by atoms with Crippen LogP contribution in [-0.4, -0.2) is 31.7 Å². The van der Waals surface area contributed by atoms with Gasteiger partial charge in [-0.25, -0.2) is 0 Å². The third-order valence-corrected chi connectivity index (χ3v) is 4.14. The number of nitrogens with two attached hydrogens (primary N) is 1. The Morgan fingerprint density at radius 3 is 2.59 bits per heavy atom. The maximum atomic E-state index is 11.5. The third kappa shape index (κ3) is 4.57. The number of hydrogen-bond acceptors (Lipinski definition) is 7. The van der Waals surface area contributed by atoms with Crippen molar-refractivity contribution in [2.24, 2.45) is 5.73 Å². The summed E-state index contributed by atoms with van der Waals surface area (Å²) in [5.41, 5.74) is 7.57. The first-order valence-electron chi connectivity index (χ1n) is 8.50. The Morgan fingerprint density at radius 2 is 1.93 bits per heavy atom. The molecule has 0 spiro atoms. The van der Waals surface area contributed by atoms with Crippen molar-refractivity contribution >= 4 is 11.9 Å². The van der Waals surface area contributed by atoms with E-state index in [1.807, 2.05) is 24.3 Å². The zero-order valence-electron chi connectivity index (χ0n) is 15.1. The summed E-state index contributed by atoms with van der Waals surface area (Å²) in [6, 6.07) is 11.8. The van der Waals surface area contributed by atoms with Crippen molar-refractivity contribution in [3.05, 3.63) is 53.6 Å². The average Bonchev–Trinajstić information content (AvgIpc) is 2.67. The van der Waals surface area contributed by atoms with Gasteiger partial charge < -0.3 is 24.7 Å². The molecular formula is C20H21NO6. The van der Waals surface area contributed by atoms with Gasteiger partial charge in [0.05, 0.1) is 7.11 Å². The molecule has 0 bridgehead atoms. The van der Waals surface area contributed by atoms with Gasteiger partial charge in [0.1, 0.15) is 18.4 Å². The summed E-state index contributed by atoms with van der Waals surface area (Å²) in [5, 5.41) is 0. The summed E-state index contributed by atoms with van der Waals surface area (Å²) in [6.45, 7) is 1.70. The van der Waals surface area contributed by atoms with E-state index >= 15 is 0 Å². The highest BCUT2D eigenvalue weighted by atomic mass is 16.6. The molecule has 7 nitrogen and oxygen atoms in total. The number of carbonyl (C=O) groups is 2. The highest BCUT2D eigenvalue weighted by Gasteiger charge is 2.24. The van der Waals surface area contributed by atoms with Crippen LogP contribution in [0.25, 0.3) is 0 Å². The number of esters is 2. The second kappa shape index (κ2) is 8.09. The van der Waals surface area contributed by atoms with Gasteiger partial charge in [0.15, 0.2) is 17.6 Å². The monoisotopic (exact) mass is 371 g/mol. The summed E-state index contributed by atoms with van der Waals surface area (Å²) < 4.78 is 21.5. The summed E-state index contributed by atoms with van der Waals surface area (Å²) in [7, 11) is 1.31. The summed E-state index contributed by atoms with van der Waals surface area (Å²) in [5.74, 6) is 0.886. The summed E-state index contributed by atoms with van der Waals surface area (Å²) in [6.07, 6.45) is 0.0803. The van der Waals surface area contributed by atoms with Crippen molar-refractivity contribution in [1.82, 2.24) is 0 Å². The largest absolute Gasteiger partial charge is 0.485 e. The fourth-order valence-corrected chi connectivity index (χ4v) is 2.81. The van der Waals surface area contributed by atoms with Gasteiger partial charge in [0, 0.05) is 6.92 Å². The van der Waals surface area contributed by atoms with Crippen molar-refractivity contribution in [3.8, 4) is 17.2 Å². The number of fused-ring (bicyclic) bond motifs is 1. The average molecular weight is 371 g/mol. The van der Waals surface area contributed by atoms with Crippen LogP contribution < -0.4 is 19.9 Å². The second-order valence-corrected chi connectivity index (χ2v) is 6.20. The fraction of sp³-hybridized carbons (Fsp3) is 0.300. The van der Waals surface area contributed by atoms with E-state index in [9.17, 15) is 9.59 Å². The first kappa shape index (κ1) is 18.7. The molecule has 142 valence electrons. The van der Waals surface area contributed by atoms with Crippen LogP contribution in [0.3, 0.4) is 0 Å². The molecule has 27 heavy (non-hydrogen) atoms. The Morgan fingerprint density at radius 1 is 1.19 bits per heavy atom. The lowest BCUT2D eigenvalue weighted by atomic mass is 10.0. The zero-order chi connectivity index (χ0) is 19.4. The van der Waals surface area contributed by atoms with E-state index in [1.54, 1.807) is 18.2 Å². The molecule has 1 heterocycles. The minimum atomic E-state index is -0.721. The highest BCUT2D eigenvalue weighted by Crippen LogP contribution is 2.37. The lowest BCUT2D eigenvalue weighted by Crippen LogP contribution is -2.33. The van der Waals surface area contributed by atoms with Gasteiger partial charge in [0.25, 0.3) is 0 Å². The molecule has 1 aliphatic rings. The molecule has 0 amide bonds. The number of ether oxygens (including phenoxy) is 4. The molecular weight excluding hydrogens is 350 g/mol. The van der Waals surface area contributed by atoms with E-state index in [-0.39, 0.29) is 12.1 Å². The molecule has 2 aromatic rings. The molecule has 1 aliphatic heterocycles. The molecule has 0 saturated carbocycles. The van der Waals surface area contributed by atoms with E-state index in [0.717, 1.165) is 11.1 Å². The molecule has 0 unspecified atom stereocenters. The molecule has 2 aromatic carbocycles. The molecule has 2 atom stereocenters. The smallest absolute Gasteiger partial charge is 0.322 e. The van der Waals surface area contributed by atoms with Gasteiger partial charge in [-0.3, -0.25) is 9.59 Å². The fourth-order valence-electron chi connectivity index (χ4n) is 2.81. The Bertz CT molecular complexity index is 833. The normalized spacial score (nSPS) is 16.3. The lowest BCUT2D eigenvalue weighted by molar-refractivity contribution is -0.142. The Kier molecular flexibility index (Phi) is 5.61. The van der Waals surface area contributed by atoms with Gasteiger partial charge in [-0.1, -0.05) is 18.2 Å². The van der Waals surface area contributed by atoms with Gasteiger partial charge in [0.2, 0.25) is 0 Å². The van der Waals surface area contributed by atoms with E-state index in [0.29, 0.717) is 30.3 Å². The Labute approximate surface area is 157 Å². The van der Waals surface area contributed by atoms with Crippen LogP contribution in [-0.2, 0) is 20.7 Å². The van der Waals surface area contributed by atoms with Crippen molar-refractivity contribution < 1.29 is 28.5 Å². The van der Waals surface area contributed by atoms with Crippen LogP contribution in [0.4, 0.5) is 0 Å². The first-order valence-corrected chi connectivity index (χ1v) is 8.50. The van der Waals surface area contributed by atoms with Crippen LogP contribution in [0.15, 0.2) is 42.5 Å². The minimum absolute atomic E-state index is 0.271. The molecule has 0 aromatic heterocycles. The molecule has 3 rings (SSSR count). The van der Waals surface area contributed by atoms with Crippen LogP contribution in [0.2, 0.25) is 0 Å². The van der Waals surface area contributed by atoms with Crippen LogP contribution in [0.1, 0.15) is 24.2 Å². The van der Waals surface area contributed by atoms with Gasteiger partial charge in [-0.05, 0) is 41.8 Å². The molecule has 0 radical (unpaired) electrons. The van der Waals surface area contributed by atoms with Crippen molar-refractivity contribution in [2.75, 3.05) is 13.7 Å². The number of rotatable bonds is 5. The topological polar surface area (TPSA) is 97.1 Å². The highest BCUT2D eigenvalue weighted by molar-refractivity contribution is 5.75. The van der Waals surface area contributed by atoms with Crippen LogP contribution in [0, 0.1) is 0 Å². The van der Waals surface area contributed by atoms with Crippen molar-refractivity contribution in [1.29, 1.82) is 0 Å². The quantitative estimate of drug-likeness (QED) is 0.635. The molecule has 0 aliphatic carbocycles. The van der Waals surface area contributed by atoms with Crippen molar-refractivity contribution in [2.45, 2.75) is 25.5 Å². The van der Waals surface area contributed by atoms with Gasteiger partial charge in [-0.2, -0.15) is 0 Å². The Balaban J connectivity index is 1.68. The summed E-state index contributed by atoms with van der Waals surface area (Å²) in [4.78, 5) is 22.4. The predicted molar refractivity (Wildman–Crippen MR) is 96.8 cm³/mol. The van der Waals surface area contributed by atoms with E-state index < -0.39 is 12.0 Å². The minimum Gasteiger partial charge on any atom is -0.485 e. The maximum absolute atomic E-state index is 11.5. The van der Waals surface area contributed by atoms with Gasteiger partial charge >= 0.3 is 11.9 Å². The van der Waals surface area contributed by atoms with E-state index in [1.165, 1.54) is 14.0 Å². The molecule has 0 fully saturated rings. The third-order valence-electron chi connectivity index (χ3n) is 4.14. The first-order chi connectivity index (χ1) is 13.0. The Hall–Kier alpha value is -3.06. The number of methoxy groups -OCH3 is 1. The molecule has 0 saturated heterocycles. The second-order valence-electron chi connectivity index (χ2n) is 6.20. The number of benzene rings is 2. The summed E-state index contributed by atoms with van der Waals surface area (Å²) >= 11 is 0. The van der Waals surface area contributed by atoms with Crippen molar-refractivity contribution in [3.63, 3.8) is 0 Å². The molecule has 7 heteroatoms. The number of carbonyl (C=O) groups excluding carboxylic acids is 2. The maximum Gasteiger partial charge on any atom is 0.322 e. The SMILES string of the molecule is COC(=O)[C@@H](N)Cc1ccc2c(c1)OC[C@H](c1ccc(OC(C)=O)cc1)O2. The standard InChI is InChI=1S/C20H21NO6/c1-12(22)26-15-6-4-14(5-7-15)19-11-25-18-10-13(3-8-17(18)27-19)9-16(21)20(23)24-2/h3-8,10,16,19H,9,11,21H2,1-2H3/t16-,19+/m0/s1. The van der Waals surface area contributed by atoms with Crippen LogP contribution >= 0.6 is 0 Å². The molecule has 2 N–H and O–H groups in total. The van der Waals surface area contributed by atoms with E-state index in [2.05, 4.69) is 4.74 Å². The van der Waals surface area contributed by atoms with Gasteiger partial charge in [-0.15, -0.1) is 0 Å². The van der Waals surface area contributed by atoms with Crippen LogP contribution in [0.5, 0.6) is 17.2 Å². The predicted octanol–water partition coefficient (Wildman–Crippen LogP) is 2.17. The zero-order valence-corrected chi connectivity index (χ0v) is 15.1.